The van der Waals surface area contributed by atoms with Crippen LogP contribution >= 0.6 is 11.8 Å². The molecule has 0 aliphatic heterocycles. The SMILES string of the molecule is CC(C)CSCc1ccc(N)c(F)c1. The van der Waals surface area contributed by atoms with Crippen LogP contribution in [0.15, 0.2) is 18.2 Å². The normalized spacial score (nSPS) is 10.9. The highest BCUT2D eigenvalue weighted by Crippen LogP contribution is 2.18. The summed E-state index contributed by atoms with van der Waals surface area (Å²) in [5.41, 5.74) is 6.61. The van der Waals surface area contributed by atoms with Crippen molar-refractivity contribution in [2.45, 2.75) is 19.6 Å². The number of hydrogen-bond donors (Lipinski definition) is 1. The second-order valence-corrected chi connectivity index (χ2v) is 4.80. The van der Waals surface area contributed by atoms with Gasteiger partial charge >= 0.3 is 0 Å². The average Bonchev–Trinajstić information content (AvgIpc) is 2.10. The number of hydrogen-bond acceptors (Lipinski definition) is 2. The van der Waals surface area contributed by atoms with Crippen molar-refractivity contribution in [3.05, 3.63) is 29.6 Å². The van der Waals surface area contributed by atoms with E-state index in [4.69, 9.17) is 5.73 Å². The molecule has 2 N–H and O–H groups in total. The van der Waals surface area contributed by atoms with Crippen molar-refractivity contribution in [2.75, 3.05) is 11.5 Å². The van der Waals surface area contributed by atoms with Gasteiger partial charge in [0.2, 0.25) is 0 Å². The van der Waals surface area contributed by atoms with Crippen molar-refractivity contribution in [3.63, 3.8) is 0 Å². The predicted octanol–water partition coefficient (Wildman–Crippen LogP) is 3.30. The van der Waals surface area contributed by atoms with Crippen molar-refractivity contribution in [1.82, 2.24) is 0 Å². The van der Waals surface area contributed by atoms with Crippen LogP contribution in [0.5, 0.6) is 0 Å². The lowest BCUT2D eigenvalue weighted by atomic mass is 10.2. The maximum Gasteiger partial charge on any atom is 0.146 e. The van der Waals surface area contributed by atoms with Gasteiger partial charge in [-0.2, -0.15) is 11.8 Å². The van der Waals surface area contributed by atoms with Gasteiger partial charge in [0.1, 0.15) is 5.82 Å². The lowest BCUT2D eigenvalue weighted by molar-refractivity contribution is 0.631. The number of rotatable bonds is 4. The van der Waals surface area contributed by atoms with Crippen molar-refractivity contribution in [2.24, 2.45) is 5.92 Å². The van der Waals surface area contributed by atoms with E-state index in [2.05, 4.69) is 13.8 Å². The number of halogens is 1. The molecule has 14 heavy (non-hydrogen) atoms. The second-order valence-electron chi connectivity index (χ2n) is 3.76. The quantitative estimate of drug-likeness (QED) is 0.777. The number of anilines is 1. The van der Waals surface area contributed by atoms with Gasteiger partial charge in [-0.15, -0.1) is 0 Å². The predicted molar refractivity (Wildman–Crippen MR) is 61.8 cm³/mol. The summed E-state index contributed by atoms with van der Waals surface area (Å²) in [7, 11) is 0. The lowest BCUT2D eigenvalue weighted by Gasteiger charge is -2.05. The van der Waals surface area contributed by atoms with E-state index in [0.717, 1.165) is 17.1 Å². The van der Waals surface area contributed by atoms with E-state index in [1.54, 1.807) is 6.07 Å². The van der Waals surface area contributed by atoms with Crippen LogP contribution in [0.25, 0.3) is 0 Å². The number of nitrogens with two attached hydrogens (primary N) is 1. The van der Waals surface area contributed by atoms with E-state index in [0.29, 0.717) is 5.92 Å². The highest BCUT2D eigenvalue weighted by molar-refractivity contribution is 7.98. The maximum absolute atomic E-state index is 13.0. The Labute approximate surface area is 88.9 Å². The maximum atomic E-state index is 13.0. The fraction of sp³-hybridized carbons (Fsp3) is 0.455. The van der Waals surface area contributed by atoms with E-state index >= 15 is 0 Å². The molecule has 0 saturated heterocycles. The smallest absolute Gasteiger partial charge is 0.146 e. The highest BCUT2D eigenvalue weighted by Gasteiger charge is 2.00. The molecule has 0 bridgehead atoms. The van der Waals surface area contributed by atoms with Crippen LogP contribution in [0.4, 0.5) is 10.1 Å². The van der Waals surface area contributed by atoms with E-state index in [1.807, 2.05) is 17.8 Å². The minimum absolute atomic E-state index is 0.225. The summed E-state index contributed by atoms with van der Waals surface area (Å²) in [6, 6.07) is 5.02. The summed E-state index contributed by atoms with van der Waals surface area (Å²) in [6.07, 6.45) is 0. The largest absolute Gasteiger partial charge is 0.396 e. The summed E-state index contributed by atoms with van der Waals surface area (Å²) >= 11 is 1.82. The molecule has 0 radical (unpaired) electrons. The fourth-order valence-electron chi connectivity index (χ4n) is 1.07. The van der Waals surface area contributed by atoms with Crippen LogP contribution in [0.3, 0.4) is 0 Å². The van der Waals surface area contributed by atoms with Gasteiger partial charge in [0.05, 0.1) is 5.69 Å². The minimum Gasteiger partial charge on any atom is -0.396 e. The topological polar surface area (TPSA) is 26.0 Å². The van der Waals surface area contributed by atoms with Gasteiger partial charge in [-0.3, -0.25) is 0 Å². The van der Waals surface area contributed by atoms with Gasteiger partial charge in [-0.1, -0.05) is 19.9 Å². The van der Waals surface area contributed by atoms with Gasteiger partial charge in [0, 0.05) is 5.75 Å². The van der Waals surface area contributed by atoms with Crippen molar-refractivity contribution in [3.8, 4) is 0 Å². The van der Waals surface area contributed by atoms with Crippen molar-refractivity contribution >= 4 is 17.4 Å². The van der Waals surface area contributed by atoms with Crippen LogP contribution in [0.2, 0.25) is 0 Å². The van der Waals surface area contributed by atoms with E-state index < -0.39 is 0 Å². The Balaban J connectivity index is 2.47. The standard InChI is InChI=1S/C11H16FNS/c1-8(2)6-14-7-9-3-4-11(13)10(12)5-9/h3-5,8H,6-7,13H2,1-2H3. The molecule has 78 valence electrons. The van der Waals surface area contributed by atoms with Crippen LogP contribution in [-0.4, -0.2) is 5.75 Å². The molecular weight excluding hydrogens is 197 g/mol. The first-order valence-electron chi connectivity index (χ1n) is 4.71. The van der Waals surface area contributed by atoms with Gasteiger partial charge in [-0.25, -0.2) is 4.39 Å². The monoisotopic (exact) mass is 213 g/mol. The third-order valence-corrected chi connectivity index (χ3v) is 3.22. The zero-order chi connectivity index (χ0) is 10.6. The molecule has 0 heterocycles. The number of benzene rings is 1. The average molecular weight is 213 g/mol. The second kappa shape index (κ2) is 5.25. The molecule has 0 unspecified atom stereocenters. The third-order valence-electron chi connectivity index (χ3n) is 1.78. The summed E-state index contributed by atoms with van der Waals surface area (Å²) in [6.45, 7) is 4.35. The highest BCUT2D eigenvalue weighted by atomic mass is 32.2. The van der Waals surface area contributed by atoms with Gasteiger partial charge in [0.25, 0.3) is 0 Å². The van der Waals surface area contributed by atoms with Gasteiger partial charge < -0.3 is 5.73 Å². The number of nitrogen functional groups attached to an aromatic ring is 1. The number of thioether (sulfide) groups is 1. The zero-order valence-electron chi connectivity index (χ0n) is 8.59. The van der Waals surface area contributed by atoms with E-state index in [1.165, 1.54) is 6.07 Å². The molecule has 1 rings (SSSR count). The van der Waals surface area contributed by atoms with Gasteiger partial charge in [0.15, 0.2) is 0 Å². The Bertz CT molecular complexity index is 299. The Kier molecular flexibility index (Phi) is 4.26. The molecule has 0 aromatic heterocycles. The molecule has 1 aromatic carbocycles. The summed E-state index contributed by atoms with van der Waals surface area (Å²) in [5, 5.41) is 0. The van der Waals surface area contributed by atoms with Crippen LogP contribution in [0, 0.1) is 11.7 Å². The van der Waals surface area contributed by atoms with Crippen molar-refractivity contribution < 1.29 is 4.39 Å². The molecule has 0 atom stereocenters. The van der Waals surface area contributed by atoms with Crippen LogP contribution in [-0.2, 0) is 5.75 Å². The molecule has 0 saturated carbocycles. The molecule has 3 heteroatoms. The summed E-state index contributed by atoms with van der Waals surface area (Å²) in [5.74, 6) is 2.33. The van der Waals surface area contributed by atoms with E-state index in [9.17, 15) is 4.39 Å². The Morgan fingerprint density at radius 1 is 1.43 bits per heavy atom. The Morgan fingerprint density at radius 2 is 2.14 bits per heavy atom. The van der Waals surface area contributed by atoms with Crippen molar-refractivity contribution in [1.29, 1.82) is 0 Å². The molecule has 0 spiro atoms. The van der Waals surface area contributed by atoms with E-state index in [-0.39, 0.29) is 11.5 Å². The molecule has 0 aliphatic rings. The zero-order valence-corrected chi connectivity index (χ0v) is 9.40. The minimum atomic E-state index is -0.312. The third kappa shape index (κ3) is 3.58. The molecule has 1 aromatic rings. The van der Waals surface area contributed by atoms with Crippen LogP contribution < -0.4 is 5.73 Å². The summed E-state index contributed by atoms with van der Waals surface area (Å²) < 4.78 is 13.0. The molecule has 1 nitrogen and oxygen atoms in total. The van der Waals surface area contributed by atoms with Gasteiger partial charge in [-0.05, 0) is 29.4 Å². The Morgan fingerprint density at radius 3 is 2.71 bits per heavy atom. The fourth-order valence-corrected chi connectivity index (χ4v) is 2.08. The summed E-state index contributed by atoms with van der Waals surface area (Å²) in [4.78, 5) is 0. The Hall–Kier alpha value is -0.700. The first kappa shape index (κ1) is 11.4. The molecular formula is C11H16FNS. The van der Waals surface area contributed by atoms with Crippen LogP contribution in [0.1, 0.15) is 19.4 Å². The lowest BCUT2D eigenvalue weighted by Crippen LogP contribution is -1.94. The first-order chi connectivity index (χ1) is 6.59. The molecule has 0 aliphatic carbocycles. The first-order valence-corrected chi connectivity index (χ1v) is 5.86. The molecule has 0 amide bonds. The molecule has 0 fully saturated rings.